The van der Waals surface area contributed by atoms with Gasteiger partial charge in [0, 0.05) is 5.75 Å². The van der Waals surface area contributed by atoms with Gasteiger partial charge in [0.25, 0.3) is 5.24 Å². The first-order valence-corrected chi connectivity index (χ1v) is 11.1. The second kappa shape index (κ2) is 18.9. The van der Waals surface area contributed by atoms with E-state index in [0.717, 1.165) is 17.3 Å². The first-order chi connectivity index (χ1) is 15.3. The van der Waals surface area contributed by atoms with Gasteiger partial charge in [0.15, 0.2) is 0 Å². The van der Waals surface area contributed by atoms with Crippen molar-refractivity contribution in [3.63, 3.8) is 0 Å². The quantitative estimate of drug-likeness (QED) is 0.252. The minimum atomic E-state index is -0.959. The number of amides is 1. The molecule has 0 spiro atoms. The maximum atomic E-state index is 10.7. The third-order valence-electron chi connectivity index (χ3n) is 3.84. The number of primary amides is 1. The van der Waals surface area contributed by atoms with Crippen LogP contribution in [-0.4, -0.2) is 64.3 Å². The van der Waals surface area contributed by atoms with Crippen LogP contribution in [0.5, 0.6) is 0 Å². The number of carbonyl (C=O) groups excluding carboxylic acids is 2. The van der Waals surface area contributed by atoms with Crippen LogP contribution in [-0.2, 0) is 25.5 Å². The molecule has 0 saturated carbocycles. The van der Waals surface area contributed by atoms with Gasteiger partial charge >= 0.3 is 17.9 Å². The number of methoxy groups -OCH3 is 1. The Morgan fingerprint density at radius 3 is 1.82 bits per heavy atom. The summed E-state index contributed by atoms with van der Waals surface area (Å²) in [6.45, 7) is 3.89. The molecule has 0 unspecified atom stereocenters. The molecule has 1 rings (SSSR count). The maximum Gasteiger partial charge on any atom is 0.322 e. The van der Waals surface area contributed by atoms with Crippen molar-refractivity contribution in [2.24, 2.45) is 28.9 Å². The monoisotopic (exact) mass is 488 g/mol. The molecular formula is C21H36N4O7S. The number of thioether (sulfide) groups is 1. The van der Waals surface area contributed by atoms with Crippen LogP contribution in [0, 0.1) is 5.92 Å². The normalized spacial score (nSPS) is 12.7. The summed E-state index contributed by atoms with van der Waals surface area (Å²) in [4.78, 5) is 41.5. The van der Waals surface area contributed by atoms with E-state index in [1.165, 1.54) is 7.11 Å². The number of hydrogen-bond acceptors (Lipinski definition) is 9. The molecule has 11 nitrogen and oxygen atoms in total. The van der Waals surface area contributed by atoms with Gasteiger partial charge in [0.2, 0.25) is 0 Å². The lowest BCUT2D eigenvalue weighted by atomic mass is 10.1. The summed E-state index contributed by atoms with van der Waals surface area (Å²) in [5.74, 6) is -1.55. The Hall–Kier alpha value is -2.67. The van der Waals surface area contributed by atoms with E-state index in [9.17, 15) is 19.2 Å². The van der Waals surface area contributed by atoms with E-state index < -0.39 is 41.3 Å². The summed E-state index contributed by atoms with van der Waals surface area (Å²) in [7, 11) is 1.27. The Morgan fingerprint density at radius 1 is 0.939 bits per heavy atom. The molecule has 0 aliphatic carbocycles. The highest BCUT2D eigenvalue weighted by atomic mass is 32.2. The Labute approximate surface area is 198 Å². The van der Waals surface area contributed by atoms with Crippen molar-refractivity contribution in [1.29, 1.82) is 0 Å². The topological polar surface area (TPSA) is 222 Å². The van der Waals surface area contributed by atoms with Gasteiger partial charge in [-0.2, -0.15) is 0 Å². The molecule has 1 aromatic rings. The highest BCUT2D eigenvalue weighted by Crippen LogP contribution is 2.04. The largest absolute Gasteiger partial charge is 0.480 e. The van der Waals surface area contributed by atoms with Crippen LogP contribution in [0.4, 0.5) is 4.79 Å². The van der Waals surface area contributed by atoms with Gasteiger partial charge in [-0.3, -0.25) is 19.2 Å². The molecule has 0 aliphatic heterocycles. The number of carboxylic acids is 2. The van der Waals surface area contributed by atoms with Crippen LogP contribution in [0.25, 0.3) is 0 Å². The molecular weight excluding hydrogens is 452 g/mol. The fourth-order valence-electron chi connectivity index (χ4n) is 2.12. The molecule has 12 heteroatoms. The minimum Gasteiger partial charge on any atom is -0.480 e. The molecule has 0 aliphatic rings. The first kappa shape index (κ1) is 32.5. The van der Waals surface area contributed by atoms with E-state index in [4.69, 9.17) is 33.1 Å². The number of nitrogens with two attached hydrogens (primary N) is 4. The van der Waals surface area contributed by atoms with E-state index >= 15 is 0 Å². The van der Waals surface area contributed by atoms with E-state index in [1.54, 1.807) is 0 Å². The molecule has 1 amide bonds. The predicted molar refractivity (Wildman–Crippen MR) is 127 cm³/mol. The highest BCUT2D eigenvalue weighted by molar-refractivity contribution is 8.13. The summed E-state index contributed by atoms with van der Waals surface area (Å²) in [6.07, 6.45) is 1.33. The van der Waals surface area contributed by atoms with Crippen LogP contribution < -0.4 is 22.9 Å². The standard InChI is InChI=1S/C9H11NO2.C6H12N2O3S.C6H13NO2/c10-8(9(11)12)6-7-4-2-1-3-5-7;1-11-5(9)4(7)2-3-12-6(8)10;1-4(2)3-5(7)6(8)9/h1-5,8H,6,10H2,(H,11,12);4H,2-3,7H2,1H3,(H2,8,10);4-5H,3,7H2,1-2H3,(H,8,9)/t8-;4-;5-/m000/s1. The van der Waals surface area contributed by atoms with Crippen LogP contribution in [0.3, 0.4) is 0 Å². The molecule has 10 N–H and O–H groups in total. The number of aliphatic carboxylic acids is 2. The highest BCUT2D eigenvalue weighted by Gasteiger charge is 2.13. The number of hydrogen-bond donors (Lipinski definition) is 6. The number of carboxylic acid groups (broad SMARTS) is 2. The van der Waals surface area contributed by atoms with Crippen molar-refractivity contribution < 1.29 is 34.1 Å². The van der Waals surface area contributed by atoms with Crippen molar-refractivity contribution in [3.05, 3.63) is 35.9 Å². The molecule has 33 heavy (non-hydrogen) atoms. The van der Waals surface area contributed by atoms with Gasteiger partial charge in [-0.1, -0.05) is 55.9 Å². The van der Waals surface area contributed by atoms with E-state index in [0.29, 0.717) is 30.9 Å². The Balaban J connectivity index is 0. The summed E-state index contributed by atoms with van der Waals surface area (Å²) < 4.78 is 4.38. The Morgan fingerprint density at radius 2 is 1.45 bits per heavy atom. The van der Waals surface area contributed by atoms with E-state index in [-0.39, 0.29) is 0 Å². The zero-order valence-corrected chi connectivity index (χ0v) is 20.0. The van der Waals surface area contributed by atoms with E-state index in [2.05, 4.69) is 4.74 Å². The smallest absolute Gasteiger partial charge is 0.322 e. The minimum absolute atomic E-state index is 0.357. The molecule has 0 radical (unpaired) electrons. The van der Waals surface area contributed by atoms with E-state index in [1.807, 2.05) is 44.2 Å². The lowest BCUT2D eigenvalue weighted by Crippen LogP contribution is -2.32. The average Bonchev–Trinajstić information content (AvgIpc) is 2.73. The molecule has 188 valence electrons. The molecule has 0 heterocycles. The van der Waals surface area contributed by atoms with Crippen LogP contribution in [0.1, 0.15) is 32.3 Å². The van der Waals surface area contributed by atoms with Crippen molar-refractivity contribution in [1.82, 2.24) is 0 Å². The van der Waals surface area contributed by atoms with Gasteiger partial charge in [-0.15, -0.1) is 0 Å². The van der Waals surface area contributed by atoms with Crippen LogP contribution in [0.15, 0.2) is 30.3 Å². The number of carbonyl (C=O) groups is 4. The SMILES string of the molecule is CC(C)C[C@H](N)C(=O)O.COC(=O)[C@@H](N)CCSC(N)=O.N[C@@H](Cc1ccccc1)C(=O)O. The molecule has 1 aromatic carbocycles. The molecule has 0 fully saturated rings. The Kier molecular flexibility index (Phi) is 18.6. The number of ether oxygens (including phenoxy) is 1. The molecule has 0 aromatic heterocycles. The molecule has 3 atom stereocenters. The number of rotatable bonds is 10. The van der Waals surface area contributed by atoms with Crippen molar-refractivity contribution in [2.45, 2.75) is 51.2 Å². The van der Waals surface area contributed by atoms with Gasteiger partial charge in [0.05, 0.1) is 7.11 Å². The third kappa shape index (κ3) is 19.7. The second-order valence-electron chi connectivity index (χ2n) is 7.29. The van der Waals surface area contributed by atoms with Gasteiger partial charge < -0.3 is 37.9 Å². The number of benzene rings is 1. The van der Waals surface area contributed by atoms with Crippen molar-refractivity contribution in [3.8, 4) is 0 Å². The summed E-state index contributed by atoms with van der Waals surface area (Å²) in [6, 6.07) is 7.19. The lowest BCUT2D eigenvalue weighted by molar-refractivity contribution is -0.142. The first-order valence-electron chi connectivity index (χ1n) is 10.1. The molecule has 0 bridgehead atoms. The Bertz CT molecular complexity index is 720. The van der Waals surface area contributed by atoms with Gasteiger partial charge in [-0.05, 0) is 30.7 Å². The van der Waals surface area contributed by atoms with Crippen LogP contribution in [0.2, 0.25) is 0 Å². The van der Waals surface area contributed by atoms with Gasteiger partial charge in [-0.25, -0.2) is 0 Å². The van der Waals surface area contributed by atoms with Crippen LogP contribution >= 0.6 is 11.8 Å². The zero-order valence-electron chi connectivity index (χ0n) is 19.2. The lowest BCUT2D eigenvalue weighted by Gasteiger charge is -2.07. The average molecular weight is 489 g/mol. The third-order valence-corrected chi connectivity index (χ3v) is 4.56. The maximum absolute atomic E-state index is 10.7. The van der Waals surface area contributed by atoms with Crippen molar-refractivity contribution in [2.75, 3.05) is 12.9 Å². The summed E-state index contributed by atoms with van der Waals surface area (Å²) >= 11 is 0.939. The number of esters is 1. The fourth-order valence-corrected chi connectivity index (χ4v) is 2.69. The summed E-state index contributed by atoms with van der Waals surface area (Å²) in [5.41, 5.74) is 21.7. The summed E-state index contributed by atoms with van der Waals surface area (Å²) in [5, 5.41) is 16.4. The fraction of sp³-hybridized carbons (Fsp3) is 0.524. The van der Waals surface area contributed by atoms with Crippen molar-refractivity contribution >= 4 is 34.9 Å². The van der Waals surface area contributed by atoms with Gasteiger partial charge in [0.1, 0.15) is 18.1 Å². The second-order valence-corrected chi connectivity index (χ2v) is 8.39. The molecule has 0 saturated heterocycles. The predicted octanol–water partition coefficient (Wildman–Crippen LogP) is 0.774. The zero-order chi connectivity index (χ0) is 26.0.